The Morgan fingerprint density at radius 1 is 0.778 bits per heavy atom. The van der Waals surface area contributed by atoms with Gasteiger partial charge in [0.25, 0.3) is 0 Å². The summed E-state index contributed by atoms with van der Waals surface area (Å²) >= 11 is 0. The molecule has 0 aromatic heterocycles. The third-order valence-electron chi connectivity index (χ3n) is 2.54. The van der Waals surface area contributed by atoms with Crippen LogP contribution in [0.15, 0.2) is 10.2 Å². The molecule has 0 saturated carbocycles. The van der Waals surface area contributed by atoms with Crippen LogP contribution in [0.2, 0.25) is 0 Å². The maximum Gasteiger partial charge on any atom is 0.331 e. The Hall–Kier alpha value is -1.72. The molecule has 0 heterocycles. The summed E-state index contributed by atoms with van der Waals surface area (Å²) in [5, 5.41) is 7.63. The highest BCUT2D eigenvalue weighted by Crippen LogP contribution is 1.95. The summed E-state index contributed by atoms with van der Waals surface area (Å²) in [5.74, 6) is -1.21. The van der Waals surface area contributed by atoms with Crippen molar-refractivity contribution in [3.8, 4) is 0 Å². The molecular formula is C12H22N4O2. The number of carbonyl (C=O) groups is 2. The van der Waals surface area contributed by atoms with Gasteiger partial charge in [-0.3, -0.25) is 9.59 Å². The van der Waals surface area contributed by atoms with Crippen molar-refractivity contribution < 1.29 is 9.59 Å². The van der Waals surface area contributed by atoms with E-state index < -0.39 is 11.8 Å². The Balaban J connectivity index is 4.34. The number of carbonyl (C=O) groups excluding carboxylic acids is 2. The molecule has 0 unspecified atom stereocenters. The number of nitrogens with zero attached hydrogens (tertiary/aromatic N) is 2. The lowest BCUT2D eigenvalue weighted by molar-refractivity contribution is -0.139. The Labute approximate surface area is 108 Å². The molecule has 0 atom stereocenters. The van der Waals surface area contributed by atoms with Crippen molar-refractivity contribution in [2.24, 2.45) is 22.0 Å². The van der Waals surface area contributed by atoms with E-state index >= 15 is 0 Å². The minimum absolute atomic E-state index is 0.217. The first-order chi connectivity index (χ1) is 8.25. The number of hydrogen-bond donors (Lipinski definition) is 2. The number of hydrazone groups is 2. The van der Waals surface area contributed by atoms with E-state index in [0.717, 1.165) is 11.4 Å². The van der Waals surface area contributed by atoms with Gasteiger partial charge in [-0.05, 0) is 25.7 Å². The normalized spacial score (nSPS) is 12.9. The molecule has 2 N–H and O–H groups in total. The van der Waals surface area contributed by atoms with Crippen LogP contribution in [-0.2, 0) is 9.59 Å². The van der Waals surface area contributed by atoms with E-state index in [-0.39, 0.29) is 11.8 Å². The van der Waals surface area contributed by atoms with E-state index in [0.29, 0.717) is 0 Å². The molecule has 0 spiro atoms. The molecule has 0 saturated heterocycles. The van der Waals surface area contributed by atoms with Crippen LogP contribution in [0.3, 0.4) is 0 Å². The molecule has 0 aromatic carbocycles. The van der Waals surface area contributed by atoms with Gasteiger partial charge in [0.1, 0.15) is 0 Å². The quantitative estimate of drug-likeness (QED) is 0.450. The molecule has 0 radical (unpaired) electrons. The van der Waals surface area contributed by atoms with Gasteiger partial charge in [-0.25, -0.2) is 10.9 Å². The van der Waals surface area contributed by atoms with E-state index in [1.54, 1.807) is 13.8 Å². The molecule has 0 aliphatic heterocycles. The summed E-state index contributed by atoms with van der Waals surface area (Å²) in [6, 6.07) is 0. The van der Waals surface area contributed by atoms with Gasteiger partial charge >= 0.3 is 11.8 Å². The standard InChI is InChI=1S/C12H22N4O2/c1-7(2)9(5)13-15-11(17)12(18)16-14-10(6)8(3)4/h7-8H,1-6H3,(H,15,17)(H,16,18)/b13-9-,14-10-. The van der Waals surface area contributed by atoms with E-state index in [4.69, 9.17) is 0 Å². The maximum atomic E-state index is 11.4. The number of hydrogen-bond acceptors (Lipinski definition) is 4. The average Bonchev–Trinajstić information content (AvgIpc) is 2.31. The van der Waals surface area contributed by atoms with Gasteiger partial charge in [0.15, 0.2) is 0 Å². The first-order valence-electron chi connectivity index (χ1n) is 5.94. The fourth-order valence-electron chi connectivity index (χ4n) is 0.638. The second-order valence-electron chi connectivity index (χ2n) is 4.70. The SMILES string of the molecule is C/C(=N/NC(=O)C(=O)N/N=C(/C)C(C)C)C(C)C. The highest BCUT2D eigenvalue weighted by atomic mass is 16.2. The van der Waals surface area contributed by atoms with Crippen molar-refractivity contribution in [1.29, 1.82) is 0 Å². The van der Waals surface area contributed by atoms with Crippen molar-refractivity contribution in [3.63, 3.8) is 0 Å². The highest BCUT2D eigenvalue weighted by molar-refractivity contribution is 6.35. The summed E-state index contributed by atoms with van der Waals surface area (Å²) in [7, 11) is 0. The van der Waals surface area contributed by atoms with Crippen molar-refractivity contribution >= 4 is 23.2 Å². The molecule has 0 aliphatic carbocycles. The Bertz CT molecular complexity index is 334. The van der Waals surface area contributed by atoms with Crippen LogP contribution in [0.5, 0.6) is 0 Å². The second-order valence-corrected chi connectivity index (χ2v) is 4.70. The third-order valence-corrected chi connectivity index (χ3v) is 2.54. The molecule has 0 rings (SSSR count). The van der Waals surface area contributed by atoms with Crippen LogP contribution >= 0.6 is 0 Å². The lowest BCUT2D eigenvalue weighted by atomic mass is 10.1. The molecule has 6 nitrogen and oxygen atoms in total. The van der Waals surface area contributed by atoms with E-state index in [1.165, 1.54) is 0 Å². The Kier molecular flexibility index (Phi) is 6.85. The van der Waals surface area contributed by atoms with Crippen molar-refractivity contribution in [2.45, 2.75) is 41.5 Å². The van der Waals surface area contributed by atoms with Gasteiger partial charge in [0, 0.05) is 11.4 Å². The van der Waals surface area contributed by atoms with Gasteiger partial charge in [-0.1, -0.05) is 27.7 Å². The summed E-state index contributed by atoms with van der Waals surface area (Å²) in [4.78, 5) is 22.7. The van der Waals surface area contributed by atoms with Crippen molar-refractivity contribution in [2.75, 3.05) is 0 Å². The van der Waals surface area contributed by atoms with E-state index in [9.17, 15) is 9.59 Å². The van der Waals surface area contributed by atoms with Crippen LogP contribution in [0.4, 0.5) is 0 Å². The molecular weight excluding hydrogens is 232 g/mol. The lowest BCUT2D eigenvalue weighted by Gasteiger charge is -2.05. The lowest BCUT2D eigenvalue weighted by Crippen LogP contribution is -2.36. The van der Waals surface area contributed by atoms with Crippen molar-refractivity contribution in [3.05, 3.63) is 0 Å². The average molecular weight is 254 g/mol. The van der Waals surface area contributed by atoms with Gasteiger partial charge in [0.2, 0.25) is 0 Å². The minimum Gasteiger partial charge on any atom is -0.262 e. The van der Waals surface area contributed by atoms with Crippen LogP contribution in [-0.4, -0.2) is 23.2 Å². The first kappa shape index (κ1) is 16.3. The molecule has 18 heavy (non-hydrogen) atoms. The maximum absolute atomic E-state index is 11.4. The second kappa shape index (κ2) is 7.58. The fraction of sp³-hybridized carbons (Fsp3) is 0.667. The van der Waals surface area contributed by atoms with Gasteiger partial charge in [-0.2, -0.15) is 10.2 Å². The molecule has 6 heteroatoms. The Morgan fingerprint density at radius 2 is 1.06 bits per heavy atom. The summed E-state index contributed by atoms with van der Waals surface area (Å²) in [6.45, 7) is 11.3. The molecule has 102 valence electrons. The predicted molar refractivity (Wildman–Crippen MR) is 72.2 cm³/mol. The van der Waals surface area contributed by atoms with Crippen molar-refractivity contribution in [1.82, 2.24) is 10.9 Å². The number of rotatable bonds is 4. The molecule has 0 aliphatic rings. The van der Waals surface area contributed by atoms with Crippen LogP contribution < -0.4 is 10.9 Å². The fourth-order valence-corrected chi connectivity index (χ4v) is 0.638. The topological polar surface area (TPSA) is 82.9 Å². The van der Waals surface area contributed by atoms with Crippen LogP contribution in [0.25, 0.3) is 0 Å². The number of nitrogens with one attached hydrogen (secondary N) is 2. The minimum atomic E-state index is -0.824. The third kappa shape index (κ3) is 6.12. The van der Waals surface area contributed by atoms with Gasteiger partial charge < -0.3 is 0 Å². The molecule has 0 aromatic rings. The summed E-state index contributed by atoms with van der Waals surface area (Å²) < 4.78 is 0. The number of amides is 2. The van der Waals surface area contributed by atoms with Gasteiger partial charge in [-0.15, -0.1) is 0 Å². The van der Waals surface area contributed by atoms with E-state index in [2.05, 4.69) is 21.1 Å². The zero-order valence-electron chi connectivity index (χ0n) is 11.9. The monoisotopic (exact) mass is 254 g/mol. The zero-order chi connectivity index (χ0) is 14.3. The highest BCUT2D eigenvalue weighted by Gasteiger charge is 2.12. The molecule has 0 fully saturated rings. The Morgan fingerprint density at radius 3 is 1.28 bits per heavy atom. The van der Waals surface area contributed by atoms with E-state index in [1.807, 2.05) is 27.7 Å². The van der Waals surface area contributed by atoms with Crippen LogP contribution in [0, 0.1) is 11.8 Å². The summed E-state index contributed by atoms with van der Waals surface area (Å²) in [5.41, 5.74) is 5.86. The zero-order valence-corrected chi connectivity index (χ0v) is 11.9. The largest absolute Gasteiger partial charge is 0.331 e. The molecule has 0 bridgehead atoms. The van der Waals surface area contributed by atoms with Gasteiger partial charge in [0.05, 0.1) is 0 Å². The first-order valence-corrected chi connectivity index (χ1v) is 5.94. The van der Waals surface area contributed by atoms with Crippen LogP contribution in [0.1, 0.15) is 41.5 Å². The predicted octanol–water partition coefficient (Wildman–Crippen LogP) is 1.28. The molecule has 2 amide bonds. The smallest absolute Gasteiger partial charge is 0.262 e. The summed E-state index contributed by atoms with van der Waals surface area (Å²) in [6.07, 6.45) is 0.